The Morgan fingerprint density at radius 1 is 1.16 bits per heavy atom. The minimum atomic E-state index is -4.56. The number of fused-ring (bicyclic) bond motifs is 1. The molecule has 1 aromatic carbocycles. The van der Waals surface area contributed by atoms with E-state index in [1.807, 2.05) is 0 Å². The highest BCUT2D eigenvalue weighted by atomic mass is 19.4. The number of halogens is 4. The average Bonchev–Trinajstić information content (AvgIpc) is 3.32. The zero-order chi connectivity index (χ0) is 33.5. The highest BCUT2D eigenvalue weighted by Crippen LogP contribution is 2.29. The predicted octanol–water partition coefficient (Wildman–Crippen LogP) is 4.10. The number of carbonyl (C=O) groups excluding carboxylic acids is 3. The molecular weight excluding hydrogens is 606 g/mol. The number of ether oxygens (including phenoxy) is 1. The molecule has 0 saturated carbocycles. The number of alkyl halides is 3. The Kier molecular flexibility index (Phi) is 11.1. The van der Waals surface area contributed by atoms with Crippen molar-refractivity contribution < 1.29 is 46.6 Å². The lowest BCUT2D eigenvalue weighted by molar-refractivity contribution is -0.134. The lowest BCUT2D eigenvalue weighted by Gasteiger charge is -2.17. The number of allylic oxidation sites excluding steroid dienone is 1. The lowest BCUT2D eigenvalue weighted by Crippen LogP contribution is -2.44. The zero-order valence-electron chi connectivity index (χ0n) is 24.5. The van der Waals surface area contributed by atoms with Crippen LogP contribution in [0.1, 0.15) is 30.5 Å². The summed E-state index contributed by atoms with van der Waals surface area (Å²) < 4.78 is 59.3. The van der Waals surface area contributed by atoms with Crippen LogP contribution in [0.3, 0.4) is 0 Å². The van der Waals surface area contributed by atoms with Crippen LogP contribution in [0.2, 0.25) is 0 Å². The minimum absolute atomic E-state index is 0.0279. The molecule has 0 fully saturated rings. The number of hydrogen-bond donors (Lipinski definition) is 3. The fraction of sp³-hybridized carbons (Fsp3) is 0.345. The quantitative estimate of drug-likeness (QED) is 0.212. The molecule has 2 heterocycles. The molecule has 0 radical (unpaired) electrons. The Morgan fingerprint density at radius 3 is 2.49 bits per heavy atom. The first-order valence-electron chi connectivity index (χ1n) is 13.5. The van der Waals surface area contributed by atoms with Crippen molar-refractivity contribution in [3.63, 3.8) is 0 Å². The van der Waals surface area contributed by atoms with Gasteiger partial charge in [-0.05, 0) is 61.2 Å². The van der Waals surface area contributed by atoms with E-state index in [0.717, 1.165) is 23.8 Å². The van der Waals surface area contributed by atoms with Crippen molar-refractivity contribution in [3.8, 4) is 0 Å². The number of likely N-dealkylation sites (N-methyl/N-ethyl adjacent to an activating group) is 1. The summed E-state index contributed by atoms with van der Waals surface area (Å²) in [6.45, 7) is -0.404. The smallest absolute Gasteiger partial charge is 0.416 e. The van der Waals surface area contributed by atoms with E-state index in [1.165, 1.54) is 41.4 Å². The molecule has 0 aliphatic rings. The van der Waals surface area contributed by atoms with E-state index >= 15 is 0 Å². The molecule has 45 heavy (non-hydrogen) atoms. The normalized spacial score (nSPS) is 12.2. The van der Waals surface area contributed by atoms with E-state index in [-0.39, 0.29) is 46.6 Å². The molecule has 0 aliphatic carbocycles. The molecule has 0 aliphatic heterocycles. The number of alkyl carbamates (subject to hydrolysis) is 1. The Balaban J connectivity index is 1.90. The van der Waals surface area contributed by atoms with E-state index in [4.69, 9.17) is 0 Å². The van der Waals surface area contributed by atoms with Gasteiger partial charge < -0.3 is 29.9 Å². The highest BCUT2D eigenvalue weighted by Gasteiger charge is 2.28. The third-order valence-electron chi connectivity index (χ3n) is 6.61. The van der Waals surface area contributed by atoms with E-state index in [2.05, 4.69) is 15.4 Å². The molecule has 3 N–H and O–H groups in total. The fourth-order valence-electron chi connectivity index (χ4n) is 4.47. The summed E-state index contributed by atoms with van der Waals surface area (Å²) in [5.74, 6) is -1.93. The Morgan fingerprint density at radius 2 is 1.87 bits per heavy atom. The van der Waals surface area contributed by atoms with Gasteiger partial charge in [0.05, 0.1) is 24.9 Å². The number of aromatic nitrogens is 2. The predicted molar refractivity (Wildman–Crippen MR) is 155 cm³/mol. The molecule has 242 valence electrons. The molecule has 0 spiro atoms. The van der Waals surface area contributed by atoms with Gasteiger partial charge >= 0.3 is 18.4 Å². The Bertz CT molecular complexity index is 1680. The molecule has 3 aromatic rings. The number of nitrogens with zero attached hydrogens (tertiary/aromatic N) is 3. The topological polar surface area (TPSA) is 152 Å². The van der Waals surface area contributed by atoms with Crippen LogP contribution >= 0.6 is 0 Å². The van der Waals surface area contributed by atoms with Gasteiger partial charge in [-0.25, -0.2) is 18.5 Å². The van der Waals surface area contributed by atoms with Crippen molar-refractivity contribution in [2.75, 3.05) is 26.5 Å². The molecule has 0 bridgehead atoms. The number of carbonyl (C=O) groups is 4. The maximum absolute atomic E-state index is 14.3. The average molecular weight is 638 g/mol. The maximum Gasteiger partial charge on any atom is 0.416 e. The molecule has 16 heteroatoms. The van der Waals surface area contributed by atoms with Gasteiger partial charge in [0.2, 0.25) is 11.8 Å². The number of methoxy groups -OCH3 is 1. The molecular formula is C29H31F4N5O7. The fourth-order valence-corrected chi connectivity index (χ4v) is 4.47. The number of carboxylic acid groups (broad SMARTS) is 1. The van der Waals surface area contributed by atoms with Gasteiger partial charge in [0.1, 0.15) is 17.5 Å². The van der Waals surface area contributed by atoms with Crippen molar-refractivity contribution >= 4 is 40.6 Å². The molecule has 0 unspecified atom stereocenters. The van der Waals surface area contributed by atoms with Crippen molar-refractivity contribution in [1.82, 2.24) is 19.4 Å². The van der Waals surface area contributed by atoms with Crippen LogP contribution in [-0.4, -0.2) is 76.6 Å². The van der Waals surface area contributed by atoms with Crippen LogP contribution in [0.5, 0.6) is 0 Å². The first kappa shape index (κ1) is 34.3. The summed E-state index contributed by atoms with van der Waals surface area (Å²) in [5.41, 5.74) is -1.36. The molecule has 2 aromatic heterocycles. The summed E-state index contributed by atoms with van der Waals surface area (Å²) in [4.78, 5) is 63.5. The van der Waals surface area contributed by atoms with E-state index < -0.39 is 61.1 Å². The number of rotatable bonds is 11. The van der Waals surface area contributed by atoms with E-state index in [9.17, 15) is 46.6 Å². The molecule has 3 amide bonds. The summed E-state index contributed by atoms with van der Waals surface area (Å²) >= 11 is 0. The van der Waals surface area contributed by atoms with Crippen LogP contribution in [-0.2, 0) is 27.3 Å². The van der Waals surface area contributed by atoms with Gasteiger partial charge in [-0.1, -0.05) is 6.08 Å². The van der Waals surface area contributed by atoms with Crippen LogP contribution < -0.4 is 16.2 Å². The van der Waals surface area contributed by atoms with Crippen LogP contribution in [0.15, 0.2) is 53.5 Å². The summed E-state index contributed by atoms with van der Waals surface area (Å²) in [7, 11) is 4.22. The van der Waals surface area contributed by atoms with Gasteiger partial charge in [0, 0.05) is 32.1 Å². The van der Waals surface area contributed by atoms with Crippen molar-refractivity contribution in [2.45, 2.75) is 44.4 Å². The number of nitrogens with one attached hydrogen (secondary N) is 2. The van der Waals surface area contributed by atoms with Gasteiger partial charge in [-0.2, -0.15) is 13.2 Å². The summed E-state index contributed by atoms with van der Waals surface area (Å²) in [5, 5.41) is 14.7. The lowest BCUT2D eigenvalue weighted by atomic mass is 10.1. The van der Waals surface area contributed by atoms with Gasteiger partial charge in [-0.15, -0.1) is 0 Å². The Hall–Kier alpha value is -5.15. The third-order valence-corrected chi connectivity index (χ3v) is 6.61. The first-order chi connectivity index (χ1) is 21.1. The second-order valence-corrected chi connectivity index (χ2v) is 10.1. The summed E-state index contributed by atoms with van der Waals surface area (Å²) in [6, 6.07) is 4.57. The highest BCUT2D eigenvalue weighted by molar-refractivity contribution is 5.96. The number of benzene rings is 1. The van der Waals surface area contributed by atoms with Gasteiger partial charge in [0.15, 0.2) is 0 Å². The molecule has 1 atom stereocenters. The van der Waals surface area contributed by atoms with E-state index in [1.54, 1.807) is 14.1 Å². The number of amides is 3. The zero-order valence-corrected chi connectivity index (χ0v) is 24.5. The maximum atomic E-state index is 14.3. The number of pyridine rings is 1. The second-order valence-electron chi connectivity index (χ2n) is 10.1. The molecule has 0 saturated heterocycles. The largest absolute Gasteiger partial charge is 0.464 e. The van der Waals surface area contributed by atoms with Crippen LogP contribution in [0, 0.1) is 5.82 Å². The van der Waals surface area contributed by atoms with Gasteiger partial charge in [-0.3, -0.25) is 14.4 Å². The molecule has 12 nitrogen and oxygen atoms in total. The third kappa shape index (κ3) is 9.17. The van der Waals surface area contributed by atoms with Crippen molar-refractivity contribution in [3.05, 3.63) is 76.1 Å². The number of hydrogen-bond acceptors (Lipinski definition) is 6. The minimum Gasteiger partial charge on any atom is -0.464 e. The first-order valence-corrected chi connectivity index (χ1v) is 13.5. The second kappa shape index (κ2) is 14.5. The van der Waals surface area contributed by atoms with Crippen LogP contribution in [0.25, 0.3) is 10.9 Å². The number of anilines is 1. The summed E-state index contributed by atoms with van der Waals surface area (Å²) in [6.07, 6.45) is -4.67. The van der Waals surface area contributed by atoms with Gasteiger partial charge in [0.25, 0.3) is 5.56 Å². The number of aryl methyl sites for hydroxylation is 1. The standard InChI is InChI=1S/C29H31F4N5O7/c1-36(2)23(39)9-5-4-7-21(35-27(42)45-3)25(40)34-22-8-6-12-37(26(22)41)16-20-15-18-14-19(30)13-17(10-11-29(31,32)33)24(18)38(20)28(43)44/h5-6,8-9,12-15,21H,4,7,10-11,16H2,1-3H3,(H,34,40)(H,35,42)(H,43,44)/b9-5+/t21-/m0/s1. The van der Waals surface area contributed by atoms with Crippen molar-refractivity contribution in [1.29, 1.82) is 0 Å². The van der Waals surface area contributed by atoms with Crippen LogP contribution in [0.4, 0.5) is 32.8 Å². The molecule has 3 rings (SSSR count). The van der Waals surface area contributed by atoms with Crippen molar-refractivity contribution in [2.24, 2.45) is 0 Å². The van der Waals surface area contributed by atoms with E-state index in [0.29, 0.717) is 4.57 Å². The SMILES string of the molecule is COC(=O)N[C@@H](CC/C=C/C(=O)N(C)C)C(=O)Nc1cccn(Cc2cc3cc(F)cc(CCC(F)(F)F)c3n2C(=O)O)c1=O. The monoisotopic (exact) mass is 637 g/mol. The Labute approximate surface area is 253 Å².